The zero-order valence-corrected chi connectivity index (χ0v) is 11.7. The van der Waals surface area contributed by atoms with Crippen LogP contribution in [0.5, 0.6) is 0 Å². The molecular formula is C13H17F3N4O. The highest BCUT2D eigenvalue weighted by Crippen LogP contribution is 2.31. The maximum absolute atomic E-state index is 12.7. The van der Waals surface area contributed by atoms with Gasteiger partial charge in [-0.15, -0.1) is 0 Å². The topological polar surface area (TPSA) is 82.2 Å². The van der Waals surface area contributed by atoms with Crippen molar-refractivity contribution in [3.63, 3.8) is 0 Å². The second kappa shape index (κ2) is 6.47. The molecule has 1 aromatic rings. The zero-order chi connectivity index (χ0) is 16.2. The van der Waals surface area contributed by atoms with Crippen LogP contribution in [0.4, 0.5) is 23.7 Å². The number of carbonyl (C=O) groups is 1. The summed E-state index contributed by atoms with van der Waals surface area (Å²) in [5.74, 6) is -0.545. The molecule has 1 aromatic carbocycles. The molecule has 0 saturated heterocycles. The monoisotopic (exact) mass is 302 g/mol. The number of urea groups is 1. The van der Waals surface area contributed by atoms with E-state index in [-0.39, 0.29) is 11.3 Å². The Kier molecular flexibility index (Phi) is 5.17. The summed E-state index contributed by atoms with van der Waals surface area (Å²) < 4.78 is 38.0. The van der Waals surface area contributed by atoms with Crippen LogP contribution in [0.15, 0.2) is 18.2 Å². The Hall–Kier alpha value is -2.25. The van der Waals surface area contributed by atoms with Crippen LogP contribution in [0.3, 0.4) is 0 Å². The third kappa shape index (κ3) is 4.11. The molecule has 4 N–H and O–H groups in total. The average Bonchev–Trinajstić information content (AvgIpc) is 2.38. The van der Waals surface area contributed by atoms with Crippen molar-refractivity contribution < 1.29 is 18.0 Å². The van der Waals surface area contributed by atoms with Crippen LogP contribution < -0.4 is 11.1 Å². The van der Waals surface area contributed by atoms with Gasteiger partial charge >= 0.3 is 12.2 Å². The summed E-state index contributed by atoms with van der Waals surface area (Å²) in [6.07, 6.45) is -4.54. The smallest absolute Gasteiger partial charge is 0.384 e. The van der Waals surface area contributed by atoms with Crippen molar-refractivity contribution >= 4 is 17.6 Å². The number of benzene rings is 1. The van der Waals surface area contributed by atoms with E-state index in [1.165, 1.54) is 4.90 Å². The molecule has 1 rings (SSSR count). The van der Waals surface area contributed by atoms with Crippen molar-refractivity contribution in [3.05, 3.63) is 29.3 Å². The number of hydrogen-bond donors (Lipinski definition) is 3. The molecule has 2 amide bonds. The molecule has 0 aliphatic heterocycles. The standard InChI is InChI=1S/C13H17F3N4O/c1-3-20(4-2)12(21)19-10-6-5-8(13(14,15)16)7-9(10)11(17)18/h5-7H,3-4H2,1-2H3,(H3,17,18)(H,19,21). The van der Waals surface area contributed by atoms with Gasteiger partial charge in [0.2, 0.25) is 0 Å². The van der Waals surface area contributed by atoms with Gasteiger partial charge in [-0.2, -0.15) is 13.2 Å². The number of carbonyl (C=O) groups excluding carboxylic acids is 1. The summed E-state index contributed by atoms with van der Waals surface area (Å²) in [4.78, 5) is 13.4. The number of alkyl halides is 3. The fourth-order valence-electron chi connectivity index (χ4n) is 1.76. The van der Waals surface area contributed by atoms with Crippen molar-refractivity contribution in [2.75, 3.05) is 18.4 Å². The third-order valence-corrected chi connectivity index (χ3v) is 2.93. The van der Waals surface area contributed by atoms with E-state index in [1.807, 2.05) is 0 Å². The molecule has 116 valence electrons. The Morgan fingerprint density at radius 3 is 2.33 bits per heavy atom. The van der Waals surface area contributed by atoms with E-state index < -0.39 is 23.6 Å². The molecule has 0 atom stereocenters. The van der Waals surface area contributed by atoms with E-state index in [0.29, 0.717) is 13.1 Å². The number of nitrogens with two attached hydrogens (primary N) is 1. The zero-order valence-electron chi connectivity index (χ0n) is 11.7. The van der Waals surface area contributed by atoms with Crippen molar-refractivity contribution in [2.24, 2.45) is 5.73 Å². The SMILES string of the molecule is CCN(CC)C(=O)Nc1ccc(C(F)(F)F)cc1C(=N)N. The second-order valence-electron chi connectivity index (χ2n) is 4.27. The molecule has 0 heterocycles. The fourth-order valence-corrected chi connectivity index (χ4v) is 1.76. The molecule has 0 fully saturated rings. The van der Waals surface area contributed by atoms with E-state index in [2.05, 4.69) is 5.32 Å². The predicted octanol–water partition coefficient (Wildman–Crippen LogP) is 2.86. The Morgan fingerprint density at radius 2 is 1.90 bits per heavy atom. The Morgan fingerprint density at radius 1 is 1.33 bits per heavy atom. The lowest BCUT2D eigenvalue weighted by Gasteiger charge is -2.20. The van der Waals surface area contributed by atoms with Crippen molar-refractivity contribution in [2.45, 2.75) is 20.0 Å². The molecule has 0 spiro atoms. The number of anilines is 1. The van der Waals surface area contributed by atoms with E-state index in [4.69, 9.17) is 11.1 Å². The van der Waals surface area contributed by atoms with Crippen LogP contribution in [0, 0.1) is 5.41 Å². The summed E-state index contributed by atoms with van der Waals surface area (Å²) in [7, 11) is 0. The van der Waals surface area contributed by atoms with E-state index in [9.17, 15) is 18.0 Å². The maximum atomic E-state index is 12.7. The highest BCUT2D eigenvalue weighted by molar-refractivity contribution is 6.04. The van der Waals surface area contributed by atoms with Gasteiger partial charge in [-0.25, -0.2) is 4.79 Å². The number of rotatable bonds is 4. The first kappa shape index (κ1) is 16.8. The number of nitrogen functional groups attached to an aromatic ring is 1. The summed E-state index contributed by atoms with van der Waals surface area (Å²) in [5, 5.41) is 9.84. The number of halogens is 3. The van der Waals surface area contributed by atoms with Crippen molar-refractivity contribution in [3.8, 4) is 0 Å². The number of hydrogen-bond acceptors (Lipinski definition) is 2. The lowest BCUT2D eigenvalue weighted by molar-refractivity contribution is -0.137. The van der Waals surface area contributed by atoms with Gasteiger partial charge in [0.05, 0.1) is 11.3 Å². The third-order valence-electron chi connectivity index (χ3n) is 2.93. The largest absolute Gasteiger partial charge is 0.416 e. The van der Waals surface area contributed by atoms with Gasteiger partial charge in [-0.05, 0) is 32.0 Å². The lowest BCUT2D eigenvalue weighted by Crippen LogP contribution is -2.35. The van der Waals surface area contributed by atoms with Crippen LogP contribution in [0.2, 0.25) is 0 Å². The number of nitrogens with zero attached hydrogens (tertiary/aromatic N) is 1. The van der Waals surface area contributed by atoms with E-state index in [0.717, 1.165) is 18.2 Å². The normalized spacial score (nSPS) is 11.1. The second-order valence-corrected chi connectivity index (χ2v) is 4.27. The minimum absolute atomic E-state index is 0.0763. The molecule has 0 bridgehead atoms. The summed E-state index contributed by atoms with van der Waals surface area (Å²) >= 11 is 0. The van der Waals surface area contributed by atoms with Gasteiger partial charge in [0, 0.05) is 18.7 Å². The minimum Gasteiger partial charge on any atom is -0.384 e. The van der Waals surface area contributed by atoms with Crippen molar-refractivity contribution in [1.82, 2.24) is 4.90 Å². The Labute approximate surface area is 120 Å². The van der Waals surface area contributed by atoms with Crippen LogP contribution in [0.25, 0.3) is 0 Å². The molecule has 0 saturated carbocycles. The quantitative estimate of drug-likeness (QED) is 0.590. The Balaban J connectivity index is 3.13. The van der Waals surface area contributed by atoms with Gasteiger partial charge < -0.3 is 16.0 Å². The lowest BCUT2D eigenvalue weighted by atomic mass is 10.1. The molecule has 5 nitrogen and oxygen atoms in total. The van der Waals surface area contributed by atoms with Crippen LogP contribution >= 0.6 is 0 Å². The van der Waals surface area contributed by atoms with Gasteiger partial charge in [0.15, 0.2) is 0 Å². The van der Waals surface area contributed by atoms with Crippen LogP contribution in [-0.4, -0.2) is 29.9 Å². The average molecular weight is 302 g/mol. The number of nitrogens with one attached hydrogen (secondary N) is 2. The summed E-state index contributed by atoms with van der Waals surface area (Å²) in [6.45, 7) is 4.47. The van der Waals surface area contributed by atoms with Crippen molar-refractivity contribution in [1.29, 1.82) is 5.41 Å². The van der Waals surface area contributed by atoms with E-state index >= 15 is 0 Å². The maximum Gasteiger partial charge on any atom is 0.416 e. The summed E-state index contributed by atoms with van der Waals surface area (Å²) in [6, 6.07) is 2.23. The highest BCUT2D eigenvalue weighted by atomic mass is 19.4. The first-order valence-corrected chi connectivity index (χ1v) is 6.32. The molecule has 0 radical (unpaired) electrons. The summed E-state index contributed by atoms with van der Waals surface area (Å²) in [5.41, 5.74) is 4.29. The first-order valence-electron chi connectivity index (χ1n) is 6.32. The Bertz CT molecular complexity index is 539. The van der Waals surface area contributed by atoms with Crippen LogP contribution in [0.1, 0.15) is 25.0 Å². The van der Waals surface area contributed by atoms with Crippen LogP contribution in [-0.2, 0) is 6.18 Å². The highest BCUT2D eigenvalue weighted by Gasteiger charge is 2.31. The van der Waals surface area contributed by atoms with Gasteiger partial charge in [0.25, 0.3) is 0 Å². The van der Waals surface area contributed by atoms with Gasteiger partial charge in [0.1, 0.15) is 5.84 Å². The molecule has 21 heavy (non-hydrogen) atoms. The molecular weight excluding hydrogens is 285 g/mol. The molecule has 0 aliphatic carbocycles. The molecule has 8 heteroatoms. The van der Waals surface area contributed by atoms with Gasteiger partial charge in [-0.3, -0.25) is 5.41 Å². The first-order chi connectivity index (χ1) is 9.70. The molecule has 0 aromatic heterocycles. The molecule has 0 unspecified atom stereocenters. The number of amidine groups is 1. The van der Waals surface area contributed by atoms with Gasteiger partial charge in [-0.1, -0.05) is 0 Å². The predicted molar refractivity (Wildman–Crippen MR) is 74.4 cm³/mol. The fraction of sp³-hybridized carbons (Fsp3) is 0.385. The molecule has 0 aliphatic rings. The minimum atomic E-state index is -4.54. The number of amides is 2. The van der Waals surface area contributed by atoms with E-state index in [1.54, 1.807) is 13.8 Å².